The van der Waals surface area contributed by atoms with E-state index in [0.29, 0.717) is 5.56 Å². The molecule has 0 unspecified atom stereocenters. The predicted octanol–water partition coefficient (Wildman–Crippen LogP) is 2.65. The van der Waals surface area contributed by atoms with Crippen LogP contribution in [0.2, 0.25) is 0 Å². The Kier molecular flexibility index (Phi) is 3.79. The summed E-state index contributed by atoms with van der Waals surface area (Å²) in [5.74, 6) is -1.46. The molecule has 0 atom stereocenters. The topological polar surface area (TPSA) is 79.3 Å². The SMILES string of the molecule is Cc1ccc(C(=O)Nc2ncccc2C(=O)O)c(C)c1. The summed E-state index contributed by atoms with van der Waals surface area (Å²) in [4.78, 5) is 27.1. The van der Waals surface area contributed by atoms with Gasteiger partial charge in [-0.25, -0.2) is 9.78 Å². The summed E-state index contributed by atoms with van der Waals surface area (Å²) in [6.45, 7) is 3.77. The normalized spacial score (nSPS) is 10.1. The molecule has 0 fully saturated rings. The minimum atomic E-state index is -1.13. The van der Waals surface area contributed by atoms with Gasteiger partial charge in [-0.05, 0) is 37.6 Å². The molecular formula is C15H14N2O3. The summed E-state index contributed by atoms with van der Waals surface area (Å²) in [7, 11) is 0. The molecule has 0 spiro atoms. The number of hydrogen-bond acceptors (Lipinski definition) is 3. The molecule has 0 aliphatic rings. The first-order valence-corrected chi connectivity index (χ1v) is 6.06. The Bertz CT molecular complexity index is 681. The number of benzene rings is 1. The zero-order valence-corrected chi connectivity index (χ0v) is 11.2. The van der Waals surface area contributed by atoms with Crippen LogP contribution in [-0.2, 0) is 0 Å². The molecule has 0 bridgehead atoms. The number of carbonyl (C=O) groups excluding carboxylic acids is 1. The molecule has 1 aromatic carbocycles. The maximum atomic E-state index is 12.2. The largest absolute Gasteiger partial charge is 0.478 e. The van der Waals surface area contributed by atoms with Crippen LogP contribution in [0.4, 0.5) is 5.82 Å². The first-order valence-electron chi connectivity index (χ1n) is 6.06. The van der Waals surface area contributed by atoms with Crippen molar-refractivity contribution in [3.8, 4) is 0 Å². The monoisotopic (exact) mass is 270 g/mol. The molecule has 0 saturated carbocycles. The number of nitrogens with one attached hydrogen (secondary N) is 1. The molecule has 0 radical (unpaired) electrons. The molecule has 5 heteroatoms. The number of rotatable bonds is 3. The summed E-state index contributed by atoms with van der Waals surface area (Å²) in [5.41, 5.74) is 2.35. The molecule has 102 valence electrons. The van der Waals surface area contributed by atoms with Gasteiger partial charge < -0.3 is 10.4 Å². The third-order valence-electron chi connectivity index (χ3n) is 2.90. The van der Waals surface area contributed by atoms with Crippen molar-refractivity contribution in [3.63, 3.8) is 0 Å². The zero-order chi connectivity index (χ0) is 14.7. The van der Waals surface area contributed by atoms with E-state index in [-0.39, 0.29) is 17.3 Å². The van der Waals surface area contributed by atoms with Crippen molar-refractivity contribution in [2.75, 3.05) is 5.32 Å². The maximum absolute atomic E-state index is 12.2. The van der Waals surface area contributed by atoms with E-state index < -0.39 is 5.97 Å². The molecule has 5 nitrogen and oxygen atoms in total. The Labute approximate surface area is 116 Å². The van der Waals surface area contributed by atoms with E-state index in [1.165, 1.54) is 18.3 Å². The van der Waals surface area contributed by atoms with Crippen molar-refractivity contribution in [1.29, 1.82) is 0 Å². The highest BCUT2D eigenvalue weighted by Gasteiger charge is 2.15. The molecule has 0 aliphatic heterocycles. The van der Waals surface area contributed by atoms with Gasteiger partial charge in [0.2, 0.25) is 0 Å². The van der Waals surface area contributed by atoms with Gasteiger partial charge in [0.05, 0.1) is 0 Å². The summed E-state index contributed by atoms with van der Waals surface area (Å²) >= 11 is 0. The fourth-order valence-electron chi connectivity index (χ4n) is 1.92. The van der Waals surface area contributed by atoms with Crippen molar-refractivity contribution in [2.45, 2.75) is 13.8 Å². The highest BCUT2D eigenvalue weighted by Crippen LogP contribution is 2.15. The number of carbonyl (C=O) groups is 2. The number of aromatic nitrogens is 1. The lowest BCUT2D eigenvalue weighted by Crippen LogP contribution is -2.17. The van der Waals surface area contributed by atoms with Gasteiger partial charge in [0.25, 0.3) is 5.91 Å². The number of amides is 1. The Hall–Kier alpha value is -2.69. The van der Waals surface area contributed by atoms with Crippen LogP contribution in [0.1, 0.15) is 31.8 Å². The number of carboxylic acids is 1. The van der Waals surface area contributed by atoms with Crippen LogP contribution in [0, 0.1) is 13.8 Å². The summed E-state index contributed by atoms with van der Waals surface area (Å²) < 4.78 is 0. The van der Waals surface area contributed by atoms with Crippen molar-refractivity contribution in [2.24, 2.45) is 0 Å². The van der Waals surface area contributed by atoms with E-state index in [9.17, 15) is 9.59 Å². The second-order valence-electron chi connectivity index (χ2n) is 4.48. The lowest BCUT2D eigenvalue weighted by atomic mass is 10.1. The zero-order valence-electron chi connectivity index (χ0n) is 11.2. The van der Waals surface area contributed by atoms with E-state index >= 15 is 0 Å². The van der Waals surface area contributed by atoms with Gasteiger partial charge in [-0.3, -0.25) is 4.79 Å². The van der Waals surface area contributed by atoms with Crippen molar-refractivity contribution in [3.05, 3.63) is 58.8 Å². The van der Waals surface area contributed by atoms with Gasteiger partial charge in [-0.2, -0.15) is 0 Å². The smallest absolute Gasteiger partial charge is 0.339 e. The van der Waals surface area contributed by atoms with E-state index in [1.807, 2.05) is 26.0 Å². The molecule has 20 heavy (non-hydrogen) atoms. The Balaban J connectivity index is 2.30. The summed E-state index contributed by atoms with van der Waals surface area (Å²) in [6.07, 6.45) is 1.43. The average molecular weight is 270 g/mol. The van der Waals surface area contributed by atoms with E-state index in [2.05, 4.69) is 10.3 Å². The highest BCUT2D eigenvalue weighted by atomic mass is 16.4. The van der Waals surface area contributed by atoms with E-state index in [1.54, 1.807) is 6.07 Å². The molecule has 1 aromatic heterocycles. The molecule has 0 saturated heterocycles. The number of aryl methyl sites for hydroxylation is 2. The molecule has 2 aromatic rings. The Morgan fingerprint density at radius 1 is 1.15 bits per heavy atom. The lowest BCUT2D eigenvalue weighted by Gasteiger charge is -2.09. The van der Waals surface area contributed by atoms with Crippen LogP contribution >= 0.6 is 0 Å². The van der Waals surface area contributed by atoms with Gasteiger partial charge in [0, 0.05) is 11.8 Å². The van der Waals surface area contributed by atoms with Gasteiger partial charge in [-0.1, -0.05) is 17.7 Å². The minimum Gasteiger partial charge on any atom is -0.478 e. The number of anilines is 1. The molecule has 2 N–H and O–H groups in total. The average Bonchev–Trinajstić information content (AvgIpc) is 2.38. The Morgan fingerprint density at radius 3 is 2.55 bits per heavy atom. The third kappa shape index (κ3) is 2.83. The number of nitrogens with zero attached hydrogens (tertiary/aromatic N) is 1. The van der Waals surface area contributed by atoms with Crippen molar-refractivity contribution in [1.82, 2.24) is 4.98 Å². The number of pyridine rings is 1. The van der Waals surface area contributed by atoms with E-state index in [4.69, 9.17) is 5.11 Å². The van der Waals surface area contributed by atoms with Gasteiger partial charge in [0.15, 0.2) is 0 Å². The first kappa shape index (κ1) is 13.7. The van der Waals surface area contributed by atoms with Gasteiger partial charge in [-0.15, -0.1) is 0 Å². The van der Waals surface area contributed by atoms with Crippen LogP contribution in [-0.4, -0.2) is 22.0 Å². The molecular weight excluding hydrogens is 256 g/mol. The Morgan fingerprint density at radius 2 is 1.90 bits per heavy atom. The number of aromatic carboxylic acids is 1. The maximum Gasteiger partial charge on any atom is 0.339 e. The number of carboxylic acid groups (broad SMARTS) is 1. The quantitative estimate of drug-likeness (QED) is 0.898. The molecule has 1 amide bonds. The summed E-state index contributed by atoms with van der Waals surface area (Å²) in [5, 5.41) is 11.6. The van der Waals surface area contributed by atoms with Crippen LogP contribution in [0.15, 0.2) is 36.5 Å². The standard InChI is InChI=1S/C15H14N2O3/c1-9-5-6-11(10(2)8-9)14(18)17-13-12(15(19)20)4-3-7-16-13/h3-8H,1-2H3,(H,19,20)(H,16,17,18). The molecule has 0 aliphatic carbocycles. The molecule has 1 heterocycles. The second-order valence-corrected chi connectivity index (χ2v) is 4.48. The van der Waals surface area contributed by atoms with Gasteiger partial charge in [0.1, 0.15) is 11.4 Å². The fourth-order valence-corrected chi connectivity index (χ4v) is 1.92. The van der Waals surface area contributed by atoms with Crippen LogP contribution in [0.5, 0.6) is 0 Å². The van der Waals surface area contributed by atoms with Crippen molar-refractivity contribution < 1.29 is 14.7 Å². The third-order valence-corrected chi connectivity index (χ3v) is 2.90. The van der Waals surface area contributed by atoms with E-state index in [0.717, 1.165) is 11.1 Å². The lowest BCUT2D eigenvalue weighted by molar-refractivity contribution is 0.0697. The molecule has 2 rings (SSSR count). The highest BCUT2D eigenvalue weighted by molar-refractivity contribution is 6.07. The summed E-state index contributed by atoms with van der Waals surface area (Å²) in [6, 6.07) is 8.34. The van der Waals surface area contributed by atoms with Crippen LogP contribution < -0.4 is 5.32 Å². The van der Waals surface area contributed by atoms with Crippen LogP contribution in [0.3, 0.4) is 0 Å². The second kappa shape index (κ2) is 5.52. The fraction of sp³-hybridized carbons (Fsp3) is 0.133. The van der Waals surface area contributed by atoms with Gasteiger partial charge >= 0.3 is 5.97 Å². The minimum absolute atomic E-state index is 0.0365. The first-order chi connectivity index (χ1) is 9.49. The van der Waals surface area contributed by atoms with Crippen molar-refractivity contribution >= 4 is 17.7 Å². The predicted molar refractivity (Wildman–Crippen MR) is 75.1 cm³/mol. The number of hydrogen-bond donors (Lipinski definition) is 2. The van der Waals surface area contributed by atoms with Crippen LogP contribution in [0.25, 0.3) is 0 Å².